The van der Waals surface area contributed by atoms with Crippen LogP contribution in [0.4, 0.5) is 5.82 Å². The lowest BCUT2D eigenvalue weighted by Crippen LogP contribution is -2.56. The van der Waals surface area contributed by atoms with Gasteiger partial charge in [0.1, 0.15) is 11.9 Å². The lowest BCUT2D eigenvalue weighted by atomic mass is 9.89. The number of carboxylic acids is 1. The molecule has 0 bridgehead atoms. The molecule has 0 saturated carbocycles. The SMILES string of the molecule is CC1(NCC(=O)N2C(N)CC[C@H]2C#N)CCN(c2cc(C(=O)O)ccn2)CC1. The summed E-state index contributed by atoms with van der Waals surface area (Å²) in [6.07, 6.45) is 3.96. The summed E-state index contributed by atoms with van der Waals surface area (Å²) in [6.45, 7) is 3.63. The minimum Gasteiger partial charge on any atom is -0.478 e. The Morgan fingerprint density at radius 2 is 2.14 bits per heavy atom. The monoisotopic (exact) mass is 386 g/mol. The van der Waals surface area contributed by atoms with Crippen molar-refractivity contribution < 1.29 is 14.7 Å². The van der Waals surface area contributed by atoms with Crippen LogP contribution in [0.15, 0.2) is 18.3 Å². The van der Waals surface area contributed by atoms with Gasteiger partial charge in [-0.15, -0.1) is 0 Å². The maximum absolute atomic E-state index is 12.6. The first-order valence-corrected chi connectivity index (χ1v) is 9.49. The third-order valence-electron chi connectivity index (χ3n) is 5.72. The molecule has 0 spiro atoms. The van der Waals surface area contributed by atoms with E-state index in [0.29, 0.717) is 31.7 Å². The van der Waals surface area contributed by atoms with Gasteiger partial charge in [0.05, 0.1) is 24.3 Å². The number of carboxylic acid groups (broad SMARTS) is 1. The van der Waals surface area contributed by atoms with Crippen molar-refractivity contribution >= 4 is 17.7 Å². The summed E-state index contributed by atoms with van der Waals surface area (Å²) in [5.41, 5.74) is 5.97. The average Bonchev–Trinajstić information content (AvgIpc) is 3.07. The number of nitrogens with one attached hydrogen (secondary N) is 1. The van der Waals surface area contributed by atoms with Gasteiger partial charge in [-0.1, -0.05) is 0 Å². The first-order chi connectivity index (χ1) is 13.3. The molecule has 1 aromatic heterocycles. The van der Waals surface area contributed by atoms with Gasteiger partial charge in [-0.25, -0.2) is 9.78 Å². The predicted octanol–water partition coefficient (Wildman–Crippen LogP) is 0.528. The number of nitrogens with two attached hydrogens (primary N) is 1. The summed E-state index contributed by atoms with van der Waals surface area (Å²) >= 11 is 0. The molecule has 2 fully saturated rings. The molecular formula is C19H26N6O3. The van der Waals surface area contributed by atoms with E-state index >= 15 is 0 Å². The molecule has 4 N–H and O–H groups in total. The molecule has 3 heterocycles. The minimum atomic E-state index is -0.971. The second-order valence-electron chi connectivity index (χ2n) is 7.70. The molecule has 3 rings (SSSR count). The number of amides is 1. The highest BCUT2D eigenvalue weighted by Crippen LogP contribution is 2.26. The second-order valence-corrected chi connectivity index (χ2v) is 7.70. The van der Waals surface area contributed by atoms with Crippen molar-refractivity contribution in [3.63, 3.8) is 0 Å². The van der Waals surface area contributed by atoms with Gasteiger partial charge in [-0.05, 0) is 44.7 Å². The standard InChI is InChI=1S/C19H26N6O3/c1-19(23-12-17(26)25-14(11-20)2-3-15(25)21)5-8-24(9-6-19)16-10-13(18(27)28)4-7-22-16/h4,7,10,14-15,23H,2-3,5-6,8-9,12,21H2,1H3,(H,27,28)/t14-,15?/m0/s1. The number of likely N-dealkylation sites (tertiary alicyclic amines) is 1. The summed E-state index contributed by atoms with van der Waals surface area (Å²) in [7, 11) is 0. The van der Waals surface area contributed by atoms with Crippen LogP contribution in [0, 0.1) is 11.3 Å². The highest BCUT2D eigenvalue weighted by Gasteiger charge is 2.36. The van der Waals surface area contributed by atoms with Gasteiger partial charge in [-0.2, -0.15) is 5.26 Å². The molecule has 1 aromatic rings. The number of aromatic carboxylic acids is 1. The van der Waals surface area contributed by atoms with Crippen molar-refractivity contribution in [2.45, 2.75) is 50.4 Å². The maximum atomic E-state index is 12.6. The van der Waals surface area contributed by atoms with Crippen molar-refractivity contribution in [2.24, 2.45) is 5.73 Å². The predicted molar refractivity (Wildman–Crippen MR) is 103 cm³/mol. The fourth-order valence-corrected chi connectivity index (χ4v) is 3.83. The summed E-state index contributed by atoms with van der Waals surface area (Å²) in [5, 5.41) is 21.7. The Bertz CT molecular complexity index is 784. The summed E-state index contributed by atoms with van der Waals surface area (Å²) in [6, 6.07) is 4.77. The van der Waals surface area contributed by atoms with Crippen LogP contribution in [0.1, 0.15) is 43.0 Å². The van der Waals surface area contributed by atoms with E-state index in [1.54, 1.807) is 6.07 Å². The molecule has 9 heteroatoms. The fraction of sp³-hybridized carbons (Fsp3) is 0.579. The minimum absolute atomic E-state index is 0.143. The molecule has 2 atom stereocenters. The van der Waals surface area contributed by atoms with Crippen molar-refractivity contribution in [2.75, 3.05) is 24.5 Å². The van der Waals surface area contributed by atoms with Crippen LogP contribution in [-0.4, -0.2) is 64.2 Å². The average molecular weight is 386 g/mol. The van der Waals surface area contributed by atoms with E-state index in [1.807, 2.05) is 0 Å². The molecule has 1 amide bonds. The maximum Gasteiger partial charge on any atom is 0.335 e. The number of aromatic nitrogens is 1. The Kier molecular flexibility index (Phi) is 5.82. The number of hydrogen-bond donors (Lipinski definition) is 3. The topological polar surface area (TPSA) is 136 Å². The Labute approximate surface area is 164 Å². The number of nitrogens with zero attached hydrogens (tertiary/aromatic N) is 4. The van der Waals surface area contributed by atoms with Gasteiger partial charge in [0.25, 0.3) is 0 Å². The van der Waals surface area contributed by atoms with Crippen molar-refractivity contribution in [3.05, 3.63) is 23.9 Å². The van der Waals surface area contributed by atoms with E-state index in [9.17, 15) is 14.9 Å². The molecule has 2 saturated heterocycles. The molecule has 2 aliphatic rings. The molecule has 2 aliphatic heterocycles. The Morgan fingerprint density at radius 3 is 2.79 bits per heavy atom. The highest BCUT2D eigenvalue weighted by molar-refractivity contribution is 5.88. The molecule has 0 aliphatic carbocycles. The van der Waals surface area contributed by atoms with E-state index in [0.717, 1.165) is 12.8 Å². The van der Waals surface area contributed by atoms with Gasteiger partial charge >= 0.3 is 5.97 Å². The largest absolute Gasteiger partial charge is 0.478 e. The number of pyridine rings is 1. The van der Waals surface area contributed by atoms with Crippen LogP contribution in [0.2, 0.25) is 0 Å². The van der Waals surface area contributed by atoms with Crippen LogP contribution >= 0.6 is 0 Å². The van der Waals surface area contributed by atoms with Crippen molar-refractivity contribution in [1.82, 2.24) is 15.2 Å². The van der Waals surface area contributed by atoms with Gasteiger partial charge in [0, 0.05) is 24.8 Å². The van der Waals surface area contributed by atoms with Crippen LogP contribution in [0.3, 0.4) is 0 Å². The summed E-state index contributed by atoms with van der Waals surface area (Å²) < 4.78 is 0. The number of nitriles is 1. The molecule has 150 valence electrons. The third-order valence-corrected chi connectivity index (χ3v) is 5.72. The first-order valence-electron chi connectivity index (χ1n) is 9.49. The molecular weight excluding hydrogens is 360 g/mol. The number of carbonyl (C=O) groups excluding carboxylic acids is 1. The van der Waals surface area contributed by atoms with Gasteiger partial charge in [0.2, 0.25) is 5.91 Å². The van der Waals surface area contributed by atoms with E-state index < -0.39 is 12.0 Å². The highest BCUT2D eigenvalue weighted by atomic mass is 16.4. The third kappa shape index (κ3) is 4.24. The smallest absolute Gasteiger partial charge is 0.335 e. The first kappa shape index (κ1) is 20.0. The summed E-state index contributed by atoms with van der Waals surface area (Å²) in [4.78, 5) is 31.5. The van der Waals surface area contributed by atoms with E-state index in [1.165, 1.54) is 17.2 Å². The Morgan fingerprint density at radius 1 is 1.43 bits per heavy atom. The fourth-order valence-electron chi connectivity index (χ4n) is 3.83. The normalized spacial score (nSPS) is 24.0. The van der Waals surface area contributed by atoms with E-state index in [4.69, 9.17) is 10.8 Å². The van der Waals surface area contributed by atoms with Gasteiger partial charge in [-0.3, -0.25) is 4.79 Å². The zero-order valence-corrected chi connectivity index (χ0v) is 16.0. The molecule has 1 unspecified atom stereocenters. The van der Waals surface area contributed by atoms with E-state index in [-0.39, 0.29) is 29.7 Å². The molecule has 0 radical (unpaired) electrons. The number of rotatable bonds is 5. The molecule has 9 nitrogen and oxygen atoms in total. The number of anilines is 1. The Hall–Kier alpha value is -2.70. The van der Waals surface area contributed by atoms with Crippen LogP contribution < -0.4 is 16.0 Å². The second kappa shape index (κ2) is 8.12. The zero-order chi connectivity index (χ0) is 20.3. The van der Waals surface area contributed by atoms with Crippen LogP contribution in [-0.2, 0) is 4.79 Å². The number of piperidine rings is 1. The van der Waals surface area contributed by atoms with Crippen molar-refractivity contribution in [3.8, 4) is 6.07 Å². The summed E-state index contributed by atoms with van der Waals surface area (Å²) in [5.74, 6) is -0.463. The quantitative estimate of drug-likeness (QED) is 0.667. The molecule has 0 aromatic carbocycles. The number of carbonyl (C=O) groups is 2. The zero-order valence-electron chi connectivity index (χ0n) is 16.0. The van der Waals surface area contributed by atoms with E-state index in [2.05, 4.69) is 28.2 Å². The van der Waals surface area contributed by atoms with Gasteiger partial charge < -0.3 is 26.0 Å². The number of hydrogen-bond acceptors (Lipinski definition) is 7. The molecule has 28 heavy (non-hydrogen) atoms. The van der Waals surface area contributed by atoms with Gasteiger partial charge in [0.15, 0.2) is 0 Å². The van der Waals surface area contributed by atoms with Crippen LogP contribution in [0.25, 0.3) is 0 Å². The Balaban J connectivity index is 1.55. The lowest BCUT2D eigenvalue weighted by molar-refractivity contribution is -0.132. The van der Waals surface area contributed by atoms with Crippen LogP contribution in [0.5, 0.6) is 0 Å². The lowest BCUT2D eigenvalue weighted by Gasteiger charge is -2.41. The van der Waals surface area contributed by atoms with Crippen molar-refractivity contribution in [1.29, 1.82) is 5.26 Å².